The first-order chi connectivity index (χ1) is 13.5. The number of fused-ring (bicyclic) bond motifs is 1. The predicted molar refractivity (Wildman–Crippen MR) is 105 cm³/mol. The number of carbonyl (C=O) groups is 2. The molecule has 1 aliphatic heterocycles. The number of benzene rings is 2. The maximum absolute atomic E-state index is 12.4. The molecule has 0 saturated carbocycles. The Morgan fingerprint density at radius 2 is 1.86 bits per heavy atom. The van der Waals surface area contributed by atoms with Gasteiger partial charge < -0.3 is 23.8 Å². The Hall–Kier alpha value is -2.74. The van der Waals surface area contributed by atoms with Crippen LogP contribution in [0.1, 0.15) is 15.9 Å². The Morgan fingerprint density at radius 1 is 1.11 bits per heavy atom. The summed E-state index contributed by atoms with van der Waals surface area (Å²) < 4.78 is 21.9. The fraction of sp³-hybridized carbons (Fsp3) is 0.300. The summed E-state index contributed by atoms with van der Waals surface area (Å²) >= 11 is 3.34. The Labute approximate surface area is 171 Å². The molecule has 1 aliphatic rings. The molecule has 1 heterocycles. The minimum Gasteiger partial charge on any atom is -0.486 e. The van der Waals surface area contributed by atoms with Gasteiger partial charge in [0.25, 0.3) is 5.91 Å². The normalized spacial score (nSPS) is 12.2. The molecule has 28 heavy (non-hydrogen) atoms. The number of ether oxygens (including phenoxy) is 4. The Balaban J connectivity index is 1.56. The van der Waals surface area contributed by atoms with Gasteiger partial charge in [0.05, 0.1) is 17.1 Å². The number of amides is 1. The van der Waals surface area contributed by atoms with E-state index in [0.717, 1.165) is 5.56 Å². The number of rotatable bonds is 6. The summed E-state index contributed by atoms with van der Waals surface area (Å²) in [6, 6.07) is 10.4. The molecule has 8 heteroatoms. The molecule has 0 spiro atoms. The van der Waals surface area contributed by atoms with Crippen molar-refractivity contribution in [3.63, 3.8) is 0 Å². The van der Waals surface area contributed by atoms with Crippen molar-refractivity contribution in [2.45, 2.75) is 6.54 Å². The van der Waals surface area contributed by atoms with E-state index in [4.69, 9.17) is 14.2 Å². The summed E-state index contributed by atoms with van der Waals surface area (Å²) in [4.78, 5) is 25.5. The van der Waals surface area contributed by atoms with E-state index in [2.05, 4.69) is 20.7 Å². The third-order valence-corrected chi connectivity index (χ3v) is 4.78. The van der Waals surface area contributed by atoms with Gasteiger partial charge in [0.15, 0.2) is 18.1 Å². The first kappa shape index (κ1) is 20.0. The van der Waals surface area contributed by atoms with Crippen molar-refractivity contribution in [1.82, 2.24) is 4.90 Å². The number of methoxy groups -OCH3 is 1. The average molecular weight is 450 g/mol. The van der Waals surface area contributed by atoms with Gasteiger partial charge in [0.2, 0.25) is 0 Å². The summed E-state index contributed by atoms with van der Waals surface area (Å²) in [7, 11) is 3.02. The number of carbonyl (C=O) groups excluding carboxylic acids is 2. The van der Waals surface area contributed by atoms with Crippen LogP contribution < -0.4 is 14.2 Å². The summed E-state index contributed by atoms with van der Waals surface area (Å²) in [5.41, 5.74) is 1.33. The van der Waals surface area contributed by atoms with E-state index in [-0.39, 0.29) is 12.5 Å². The Morgan fingerprint density at radius 3 is 2.57 bits per heavy atom. The summed E-state index contributed by atoms with van der Waals surface area (Å²) in [5, 5.41) is 0. The molecule has 148 valence electrons. The van der Waals surface area contributed by atoms with Crippen LogP contribution in [0.25, 0.3) is 0 Å². The number of nitrogens with zero attached hydrogens (tertiary/aromatic N) is 1. The number of esters is 1. The minimum absolute atomic E-state index is 0.128. The van der Waals surface area contributed by atoms with Gasteiger partial charge in [-0.2, -0.15) is 0 Å². The largest absolute Gasteiger partial charge is 0.486 e. The molecule has 0 aromatic heterocycles. The van der Waals surface area contributed by atoms with Crippen molar-refractivity contribution in [2.75, 3.05) is 34.0 Å². The van der Waals surface area contributed by atoms with Gasteiger partial charge in [-0.25, -0.2) is 4.79 Å². The van der Waals surface area contributed by atoms with Crippen molar-refractivity contribution in [1.29, 1.82) is 0 Å². The first-order valence-electron chi connectivity index (χ1n) is 8.61. The minimum atomic E-state index is -0.442. The van der Waals surface area contributed by atoms with E-state index in [1.165, 1.54) is 7.11 Å². The van der Waals surface area contributed by atoms with Crippen LogP contribution in [0.3, 0.4) is 0 Å². The standard InChI is InChI=1S/C20H20BrNO6/c1-22(11-13-3-5-17-18(9-13)27-8-7-26-17)19(23)12-28-16-6-4-14(10-15(16)21)20(24)25-2/h3-6,9-10H,7-8,11-12H2,1-2H3. The van der Waals surface area contributed by atoms with Gasteiger partial charge in [-0.05, 0) is 51.8 Å². The molecule has 0 N–H and O–H groups in total. The lowest BCUT2D eigenvalue weighted by atomic mass is 10.2. The van der Waals surface area contributed by atoms with Crippen LogP contribution >= 0.6 is 15.9 Å². The fourth-order valence-corrected chi connectivity index (χ4v) is 3.15. The average Bonchev–Trinajstić information content (AvgIpc) is 2.71. The second kappa shape index (κ2) is 8.97. The van der Waals surface area contributed by atoms with Crippen molar-refractivity contribution in [3.05, 3.63) is 52.0 Å². The molecule has 0 saturated heterocycles. The van der Waals surface area contributed by atoms with Crippen molar-refractivity contribution in [2.24, 2.45) is 0 Å². The van der Waals surface area contributed by atoms with E-state index >= 15 is 0 Å². The number of halogens is 1. The highest BCUT2D eigenvalue weighted by Crippen LogP contribution is 2.31. The van der Waals surface area contributed by atoms with Crippen LogP contribution in [-0.2, 0) is 16.1 Å². The zero-order valence-corrected chi connectivity index (χ0v) is 17.2. The van der Waals surface area contributed by atoms with Crippen LogP contribution in [0.2, 0.25) is 0 Å². The van der Waals surface area contributed by atoms with Crippen molar-refractivity contribution < 1.29 is 28.5 Å². The third kappa shape index (κ3) is 4.75. The van der Waals surface area contributed by atoms with Crippen LogP contribution in [0.15, 0.2) is 40.9 Å². The lowest BCUT2D eigenvalue weighted by Crippen LogP contribution is -2.31. The number of hydrogen-bond acceptors (Lipinski definition) is 6. The molecule has 0 unspecified atom stereocenters. The van der Waals surface area contributed by atoms with E-state index in [1.807, 2.05) is 18.2 Å². The predicted octanol–water partition coefficient (Wildman–Crippen LogP) is 3.04. The van der Waals surface area contributed by atoms with Crippen LogP contribution in [0, 0.1) is 0 Å². The molecule has 0 radical (unpaired) electrons. The highest BCUT2D eigenvalue weighted by molar-refractivity contribution is 9.10. The zero-order chi connectivity index (χ0) is 20.1. The summed E-state index contributed by atoms with van der Waals surface area (Å²) in [5.74, 6) is 1.25. The lowest BCUT2D eigenvalue weighted by Gasteiger charge is -2.21. The van der Waals surface area contributed by atoms with Gasteiger partial charge in [-0.15, -0.1) is 0 Å². The molecule has 3 rings (SSSR count). The molecule has 0 aliphatic carbocycles. The van der Waals surface area contributed by atoms with E-state index in [1.54, 1.807) is 30.1 Å². The highest BCUT2D eigenvalue weighted by atomic mass is 79.9. The van der Waals surface area contributed by atoms with E-state index in [0.29, 0.717) is 47.0 Å². The Kier molecular flexibility index (Phi) is 6.41. The van der Waals surface area contributed by atoms with Crippen molar-refractivity contribution in [3.8, 4) is 17.2 Å². The molecular weight excluding hydrogens is 430 g/mol. The smallest absolute Gasteiger partial charge is 0.337 e. The van der Waals surface area contributed by atoms with Gasteiger partial charge in [-0.1, -0.05) is 6.07 Å². The molecule has 7 nitrogen and oxygen atoms in total. The SMILES string of the molecule is COC(=O)c1ccc(OCC(=O)N(C)Cc2ccc3c(c2)OCCO3)c(Br)c1. The lowest BCUT2D eigenvalue weighted by molar-refractivity contribution is -0.132. The second-order valence-electron chi connectivity index (χ2n) is 6.15. The Bertz CT molecular complexity index is 885. The van der Waals surface area contributed by atoms with E-state index in [9.17, 15) is 9.59 Å². The summed E-state index contributed by atoms with van der Waals surface area (Å²) in [6.07, 6.45) is 0. The van der Waals surface area contributed by atoms with Gasteiger partial charge in [0.1, 0.15) is 19.0 Å². The third-order valence-electron chi connectivity index (χ3n) is 4.16. The molecule has 2 aromatic carbocycles. The maximum Gasteiger partial charge on any atom is 0.337 e. The number of hydrogen-bond donors (Lipinski definition) is 0. The fourth-order valence-electron chi connectivity index (χ4n) is 2.66. The molecule has 2 aromatic rings. The van der Waals surface area contributed by atoms with Crippen molar-refractivity contribution >= 4 is 27.8 Å². The topological polar surface area (TPSA) is 74.3 Å². The van der Waals surface area contributed by atoms with Gasteiger partial charge >= 0.3 is 5.97 Å². The maximum atomic E-state index is 12.4. The van der Waals surface area contributed by atoms with Crippen LogP contribution in [0.4, 0.5) is 0 Å². The quantitative estimate of drug-likeness (QED) is 0.630. The van der Waals surface area contributed by atoms with Crippen LogP contribution in [-0.4, -0.2) is 50.8 Å². The molecular formula is C20H20BrNO6. The first-order valence-corrected chi connectivity index (χ1v) is 9.40. The molecule has 1 amide bonds. The zero-order valence-electron chi connectivity index (χ0n) is 15.6. The summed E-state index contributed by atoms with van der Waals surface area (Å²) in [6.45, 7) is 1.35. The number of likely N-dealkylation sites (N-methyl/N-ethyl adjacent to an activating group) is 1. The van der Waals surface area contributed by atoms with E-state index < -0.39 is 5.97 Å². The monoisotopic (exact) mass is 449 g/mol. The molecule has 0 bridgehead atoms. The van der Waals surface area contributed by atoms with Gasteiger partial charge in [-0.3, -0.25) is 4.79 Å². The highest BCUT2D eigenvalue weighted by Gasteiger charge is 2.16. The molecule has 0 atom stereocenters. The van der Waals surface area contributed by atoms with Gasteiger partial charge in [0, 0.05) is 13.6 Å². The van der Waals surface area contributed by atoms with Crippen LogP contribution in [0.5, 0.6) is 17.2 Å². The molecule has 0 fully saturated rings. The second-order valence-corrected chi connectivity index (χ2v) is 7.01.